The van der Waals surface area contributed by atoms with E-state index in [0.29, 0.717) is 0 Å². The quantitative estimate of drug-likeness (QED) is 0.540. The van der Waals surface area contributed by atoms with Crippen LogP contribution in [0.2, 0.25) is 6.04 Å². The van der Waals surface area contributed by atoms with Gasteiger partial charge in [0.05, 0.1) is 0 Å². The highest BCUT2D eigenvalue weighted by atomic mass is 32.1. The van der Waals surface area contributed by atoms with E-state index in [1.807, 2.05) is 41.5 Å². The molecule has 0 rings (SSSR count). The van der Waals surface area contributed by atoms with Crippen LogP contribution in [0.3, 0.4) is 0 Å². The largest absolute Gasteiger partial charge is 0.502 e. The summed E-state index contributed by atoms with van der Waals surface area (Å²) in [6.07, 6.45) is 0.345. The number of hydrogen-bond acceptors (Lipinski definition) is 4. The average Bonchev–Trinajstić information content (AvgIpc) is 1.98. The minimum atomic E-state index is -2.56. The second kappa shape index (κ2) is 7.71. The van der Waals surface area contributed by atoms with Gasteiger partial charge in [0.2, 0.25) is 0 Å². The summed E-state index contributed by atoms with van der Waals surface area (Å²) >= 11 is 4.28. The minimum Gasteiger partial charge on any atom is -0.371 e. The van der Waals surface area contributed by atoms with Crippen molar-refractivity contribution in [3.63, 3.8) is 0 Å². The Labute approximate surface area is 107 Å². The second-order valence-corrected chi connectivity index (χ2v) is 7.68. The molecule has 16 heavy (non-hydrogen) atoms. The van der Waals surface area contributed by atoms with Crippen LogP contribution in [-0.2, 0) is 13.3 Å². The summed E-state index contributed by atoms with van der Waals surface area (Å²) in [6, 6.07) is 0.755. The summed E-state index contributed by atoms with van der Waals surface area (Å²) < 4.78 is 17.8. The lowest BCUT2D eigenvalue weighted by molar-refractivity contribution is 0.00444. The zero-order valence-electron chi connectivity index (χ0n) is 11.3. The lowest BCUT2D eigenvalue weighted by atomic mass is 10.5. The Bertz CT molecular complexity index is 160. The molecule has 0 radical (unpaired) electrons. The zero-order chi connectivity index (χ0) is 12.8. The second-order valence-electron chi connectivity index (χ2n) is 4.66. The molecule has 0 N–H and O–H groups in total. The standard InChI is InChI=1S/C11H26O3SSi/c1-9(2)12-16(8-7-15,13-10(3)4)14-11(5)6/h9-11,15H,7-8H2,1-6H3. The molecular weight excluding hydrogens is 240 g/mol. The normalized spacial score (nSPS) is 13.1. The van der Waals surface area contributed by atoms with Crippen LogP contribution in [0.5, 0.6) is 0 Å². The lowest BCUT2D eigenvalue weighted by Gasteiger charge is -2.34. The predicted molar refractivity (Wildman–Crippen MR) is 73.1 cm³/mol. The Morgan fingerprint density at radius 3 is 1.31 bits per heavy atom. The van der Waals surface area contributed by atoms with Crippen molar-refractivity contribution in [3.8, 4) is 0 Å². The molecule has 98 valence electrons. The maximum absolute atomic E-state index is 5.95. The molecule has 0 saturated heterocycles. The minimum absolute atomic E-state index is 0.115. The van der Waals surface area contributed by atoms with Gasteiger partial charge in [-0.15, -0.1) is 0 Å². The van der Waals surface area contributed by atoms with E-state index in [-0.39, 0.29) is 18.3 Å². The lowest BCUT2D eigenvalue weighted by Crippen LogP contribution is -2.50. The molecule has 0 spiro atoms. The Balaban J connectivity index is 4.72. The molecule has 3 nitrogen and oxygen atoms in total. The summed E-state index contributed by atoms with van der Waals surface area (Å²) in [5, 5.41) is 0. The molecular formula is C11H26O3SSi. The highest BCUT2D eigenvalue weighted by molar-refractivity contribution is 7.80. The first-order chi connectivity index (χ1) is 7.31. The van der Waals surface area contributed by atoms with E-state index in [1.165, 1.54) is 0 Å². The molecule has 0 unspecified atom stereocenters. The predicted octanol–water partition coefficient (Wildman–Crippen LogP) is 3.13. The Morgan fingerprint density at radius 2 is 1.12 bits per heavy atom. The van der Waals surface area contributed by atoms with Crippen molar-refractivity contribution in [2.75, 3.05) is 5.75 Å². The summed E-state index contributed by atoms with van der Waals surface area (Å²) in [7, 11) is -2.56. The van der Waals surface area contributed by atoms with Gasteiger partial charge in [-0.05, 0) is 47.3 Å². The van der Waals surface area contributed by atoms with E-state index in [2.05, 4.69) is 12.6 Å². The molecule has 0 saturated carbocycles. The van der Waals surface area contributed by atoms with Crippen molar-refractivity contribution < 1.29 is 13.3 Å². The number of hydrogen-bond donors (Lipinski definition) is 1. The topological polar surface area (TPSA) is 27.7 Å². The Morgan fingerprint density at radius 1 is 0.812 bits per heavy atom. The van der Waals surface area contributed by atoms with Crippen LogP contribution in [0.4, 0.5) is 0 Å². The van der Waals surface area contributed by atoms with Crippen LogP contribution >= 0.6 is 12.6 Å². The third-order valence-corrected chi connectivity index (χ3v) is 5.66. The van der Waals surface area contributed by atoms with Crippen LogP contribution in [0.15, 0.2) is 0 Å². The third kappa shape index (κ3) is 6.91. The molecule has 0 aromatic heterocycles. The van der Waals surface area contributed by atoms with Gasteiger partial charge in [-0.3, -0.25) is 0 Å². The van der Waals surface area contributed by atoms with E-state index in [0.717, 1.165) is 11.8 Å². The van der Waals surface area contributed by atoms with Crippen molar-refractivity contribution in [3.05, 3.63) is 0 Å². The fraction of sp³-hybridized carbons (Fsp3) is 1.00. The van der Waals surface area contributed by atoms with Gasteiger partial charge in [-0.2, -0.15) is 12.6 Å². The number of thiol groups is 1. The van der Waals surface area contributed by atoms with Gasteiger partial charge in [0.25, 0.3) is 0 Å². The van der Waals surface area contributed by atoms with E-state index in [4.69, 9.17) is 13.3 Å². The van der Waals surface area contributed by atoms with Crippen molar-refractivity contribution >= 4 is 21.4 Å². The van der Waals surface area contributed by atoms with E-state index < -0.39 is 8.80 Å². The molecule has 0 heterocycles. The monoisotopic (exact) mass is 266 g/mol. The summed E-state index contributed by atoms with van der Waals surface area (Å²) in [4.78, 5) is 0. The van der Waals surface area contributed by atoms with Gasteiger partial charge in [0.1, 0.15) is 0 Å². The Hall–Kier alpha value is 0.447. The SMILES string of the molecule is CC(C)O[Si](CCS)(OC(C)C)OC(C)C. The van der Waals surface area contributed by atoms with E-state index in [1.54, 1.807) is 0 Å². The first-order valence-corrected chi connectivity index (χ1v) is 8.52. The summed E-state index contributed by atoms with van der Waals surface area (Å²) in [5.74, 6) is 0.721. The van der Waals surface area contributed by atoms with Crippen molar-refractivity contribution in [1.82, 2.24) is 0 Å². The first-order valence-electron chi connectivity index (χ1n) is 5.95. The van der Waals surface area contributed by atoms with Crippen LogP contribution in [0.25, 0.3) is 0 Å². The Kier molecular flexibility index (Phi) is 7.93. The fourth-order valence-electron chi connectivity index (χ4n) is 1.47. The third-order valence-electron chi connectivity index (χ3n) is 1.66. The first kappa shape index (κ1) is 16.4. The average molecular weight is 266 g/mol. The molecule has 5 heteroatoms. The van der Waals surface area contributed by atoms with E-state index in [9.17, 15) is 0 Å². The molecule has 0 fully saturated rings. The van der Waals surface area contributed by atoms with Crippen molar-refractivity contribution in [2.45, 2.75) is 65.9 Å². The molecule has 0 aliphatic carbocycles. The number of rotatable bonds is 8. The van der Waals surface area contributed by atoms with Gasteiger partial charge in [-0.25, -0.2) is 0 Å². The van der Waals surface area contributed by atoms with Crippen LogP contribution in [0, 0.1) is 0 Å². The maximum atomic E-state index is 5.95. The van der Waals surface area contributed by atoms with Crippen LogP contribution in [0.1, 0.15) is 41.5 Å². The molecule has 0 amide bonds. The van der Waals surface area contributed by atoms with Gasteiger partial charge in [0, 0.05) is 24.4 Å². The summed E-state index contributed by atoms with van der Waals surface area (Å²) in [5.41, 5.74) is 0. The van der Waals surface area contributed by atoms with Gasteiger partial charge in [-0.1, -0.05) is 0 Å². The van der Waals surface area contributed by atoms with Gasteiger partial charge < -0.3 is 13.3 Å². The fourth-order valence-corrected chi connectivity index (χ4v) is 5.24. The van der Waals surface area contributed by atoms with Crippen LogP contribution in [-0.4, -0.2) is 32.9 Å². The van der Waals surface area contributed by atoms with E-state index >= 15 is 0 Å². The summed E-state index contributed by atoms with van der Waals surface area (Å²) in [6.45, 7) is 12.0. The molecule has 0 aliphatic heterocycles. The van der Waals surface area contributed by atoms with Gasteiger partial charge in [0.15, 0.2) is 0 Å². The zero-order valence-corrected chi connectivity index (χ0v) is 13.2. The highest BCUT2D eigenvalue weighted by Gasteiger charge is 2.43. The van der Waals surface area contributed by atoms with Crippen LogP contribution < -0.4 is 0 Å². The van der Waals surface area contributed by atoms with Crippen molar-refractivity contribution in [1.29, 1.82) is 0 Å². The smallest absolute Gasteiger partial charge is 0.371 e. The highest BCUT2D eigenvalue weighted by Crippen LogP contribution is 2.22. The molecule has 0 bridgehead atoms. The molecule has 0 aromatic carbocycles. The van der Waals surface area contributed by atoms with Gasteiger partial charge >= 0.3 is 8.80 Å². The molecule has 0 aliphatic rings. The maximum Gasteiger partial charge on any atom is 0.502 e. The molecule has 0 aromatic rings. The van der Waals surface area contributed by atoms with Crippen molar-refractivity contribution in [2.24, 2.45) is 0 Å². The molecule has 0 atom stereocenters.